The van der Waals surface area contributed by atoms with Crippen molar-refractivity contribution in [1.29, 1.82) is 0 Å². The van der Waals surface area contributed by atoms with Crippen molar-refractivity contribution in [3.63, 3.8) is 0 Å². The molecule has 0 spiro atoms. The van der Waals surface area contributed by atoms with Gasteiger partial charge in [0.15, 0.2) is 0 Å². The first-order valence-electron chi connectivity index (χ1n) is 6.76. The predicted molar refractivity (Wildman–Crippen MR) is 73.4 cm³/mol. The van der Waals surface area contributed by atoms with Crippen LogP contribution < -0.4 is 5.73 Å². The first-order chi connectivity index (χ1) is 8.61. The average molecular weight is 251 g/mol. The number of hydrogen-bond donors (Lipinski definition) is 1. The molecule has 1 aromatic rings. The van der Waals surface area contributed by atoms with E-state index >= 15 is 0 Å². The topological polar surface area (TPSA) is 50.3 Å². The Morgan fingerprint density at radius 2 is 2.22 bits per heavy atom. The van der Waals surface area contributed by atoms with Gasteiger partial charge in [0.05, 0.1) is 12.0 Å². The summed E-state index contributed by atoms with van der Waals surface area (Å²) in [4.78, 5) is 9.07. The van der Waals surface area contributed by atoms with Gasteiger partial charge in [0.25, 0.3) is 0 Å². The second kappa shape index (κ2) is 5.82. The van der Waals surface area contributed by atoms with E-state index in [2.05, 4.69) is 40.4 Å². The van der Waals surface area contributed by atoms with Crippen molar-refractivity contribution in [1.82, 2.24) is 19.4 Å². The molecule has 0 bridgehead atoms. The van der Waals surface area contributed by atoms with Gasteiger partial charge in [-0.3, -0.25) is 4.90 Å². The minimum atomic E-state index is 0.0964. The van der Waals surface area contributed by atoms with Crippen LogP contribution in [0.25, 0.3) is 0 Å². The van der Waals surface area contributed by atoms with E-state index < -0.39 is 0 Å². The Morgan fingerprint density at radius 1 is 1.44 bits per heavy atom. The fraction of sp³-hybridized carbons (Fsp3) is 0.769. The van der Waals surface area contributed by atoms with Crippen LogP contribution in [0.1, 0.15) is 25.1 Å². The smallest absolute Gasteiger partial charge is 0.0949 e. The summed E-state index contributed by atoms with van der Waals surface area (Å²) >= 11 is 0. The van der Waals surface area contributed by atoms with Gasteiger partial charge in [-0.25, -0.2) is 4.98 Å². The number of hydrogen-bond acceptors (Lipinski definition) is 4. The summed E-state index contributed by atoms with van der Waals surface area (Å²) in [6, 6.07) is 0.639. The first-order valence-corrected chi connectivity index (χ1v) is 6.76. The maximum absolute atomic E-state index is 6.12. The van der Waals surface area contributed by atoms with Gasteiger partial charge in [0, 0.05) is 44.5 Å². The molecule has 1 aliphatic heterocycles. The largest absolute Gasteiger partial charge is 0.332 e. The molecule has 2 rings (SSSR count). The highest BCUT2D eigenvalue weighted by molar-refractivity contribution is 5.05. The van der Waals surface area contributed by atoms with Crippen LogP contribution in [0.4, 0.5) is 0 Å². The van der Waals surface area contributed by atoms with Crippen molar-refractivity contribution in [2.75, 3.05) is 33.7 Å². The predicted octanol–water partition coefficient (Wildman–Crippen LogP) is 0.539. The van der Waals surface area contributed by atoms with E-state index in [1.165, 1.54) is 0 Å². The molecule has 5 nitrogen and oxygen atoms in total. The van der Waals surface area contributed by atoms with Crippen molar-refractivity contribution in [2.24, 2.45) is 5.73 Å². The van der Waals surface area contributed by atoms with Crippen molar-refractivity contribution in [3.8, 4) is 0 Å². The van der Waals surface area contributed by atoms with Gasteiger partial charge in [-0.15, -0.1) is 0 Å². The summed E-state index contributed by atoms with van der Waals surface area (Å²) in [5.41, 5.74) is 7.27. The molecule has 1 unspecified atom stereocenters. The molecule has 102 valence electrons. The molecule has 2 atom stereocenters. The minimum absolute atomic E-state index is 0.0964. The Labute approximate surface area is 110 Å². The van der Waals surface area contributed by atoms with Crippen molar-refractivity contribution in [2.45, 2.75) is 32.0 Å². The van der Waals surface area contributed by atoms with Crippen molar-refractivity contribution >= 4 is 0 Å². The second-order valence-corrected chi connectivity index (χ2v) is 5.38. The van der Waals surface area contributed by atoms with E-state index in [0.29, 0.717) is 6.04 Å². The van der Waals surface area contributed by atoms with Gasteiger partial charge < -0.3 is 15.2 Å². The summed E-state index contributed by atoms with van der Waals surface area (Å²) < 4.78 is 2.22. The van der Waals surface area contributed by atoms with Crippen LogP contribution >= 0.6 is 0 Å². The molecule has 1 saturated heterocycles. The summed E-state index contributed by atoms with van der Waals surface area (Å²) in [5, 5.41) is 0. The van der Waals surface area contributed by atoms with Crippen LogP contribution in [-0.2, 0) is 6.54 Å². The highest BCUT2D eigenvalue weighted by Crippen LogP contribution is 2.15. The molecule has 0 radical (unpaired) electrons. The molecule has 1 aromatic heterocycles. The van der Waals surface area contributed by atoms with E-state index in [-0.39, 0.29) is 6.04 Å². The Kier molecular flexibility index (Phi) is 4.37. The lowest BCUT2D eigenvalue weighted by Gasteiger charge is -2.38. The molecular weight excluding hydrogens is 226 g/mol. The zero-order valence-corrected chi connectivity index (χ0v) is 11.7. The van der Waals surface area contributed by atoms with Gasteiger partial charge in [-0.1, -0.05) is 6.92 Å². The number of nitrogens with zero attached hydrogens (tertiary/aromatic N) is 4. The Balaban J connectivity index is 2.06. The maximum Gasteiger partial charge on any atom is 0.0949 e. The van der Waals surface area contributed by atoms with Crippen molar-refractivity contribution < 1.29 is 0 Å². The number of likely N-dealkylation sites (N-methyl/N-ethyl adjacent to an activating group) is 2. The molecule has 1 aliphatic rings. The Hall–Kier alpha value is -0.910. The van der Waals surface area contributed by atoms with E-state index in [4.69, 9.17) is 5.73 Å². The SMILES string of the molecule is CC[C@@H](N)c1cncn1CC1CN(C)CCN1C. The maximum atomic E-state index is 6.12. The van der Waals surface area contributed by atoms with Crippen LogP contribution in [0.15, 0.2) is 12.5 Å². The fourth-order valence-electron chi connectivity index (χ4n) is 2.53. The molecule has 0 aliphatic carbocycles. The number of nitrogens with two attached hydrogens (primary N) is 1. The molecule has 0 saturated carbocycles. The number of rotatable bonds is 4. The quantitative estimate of drug-likeness (QED) is 0.848. The van der Waals surface area contributed by atoms with Gasteiger partial charge >= 0.3 is 0 Å². The van der Waals surface area contributed by atoms with Crippen LogP contribution in [0.2, 0.25) is 0 Å². The zero-order valence-electron chi connectivity index (χ0n) is 11.7. The van der Waals surface area contributed by atoms with Gasteiger partial charge in [0.2, 0.25) is 0 Å². The number of imidazole rings is 1. The summed E-state index contributed by atoms with van der Waals surface area (Å²) in [7, 11) is 4.39. The first kappa shape index (κ1) is 13.5. The third kappa shape index (κ3) is 2.91. The zero-order chi connectivity index (χ0) is 13.1. The van der Waals surface area contributed by atoms with Crippen LogP contribution in [0.5, 0.6) is 0 Å². The van der Waals surface area contributed by atoms with Gasteiger partial charge in [0.1, 0.15) is 0 Å². The lowest BCUT2D eigenvalue weighted by molar-refractivity contribution is 0.102. The lowest BCUT2D eigenvalue weighted by atomic mass is 10.1. The minimum Gasteiger partial charge on any atom is -0.332 e. The summed E-state index contributed by atoms with van der Waals surface area (Å²) in [5.74, 6) is 0. The van der Waals surface area contributed by atoms with Gasteiger partial charge in [-0.2, -0.15) is 0 Å². The summed E-state index contributed by atoms with van der Waals surface area (Å²) in [6.07, 6.45) is 4.76. The van der Waals surface area contributed by atoms with Gasteiger partial charge in [-0.05, 0) is 20.5 Å². The van der Waals surface area contributed by atoms with E-state index in [0.717, 1.165) is 38.3 Å². The van der Waals surface area contributed by atoms with E-state index in [1.54, 1.807) is 0 Å². The third-order valence-electron chi connectivity index (χ3n) is 3.95. The fourth-order valence-corrected chi connectivity index (χ4v) is 2.53. The van der Waals surface area contributed by atoms with Crippen LogP contribution in [0.3, 0.4) is 0 Å². The lowest BCUT2D eigenvalue weighted by Crippen LogP contribution is -2.51. The molecule has 0 amide bonds. The second-order valence-electron chi connectivity index (χ2n) is 5.38. The Bertz CT molecular complexity index is 375. The van der Waals surface area contributed by atoms with Crippen molar-refractivity contribution in [3.05, 3.63) is 18.2 Å². The molecule has 1 fully saturated rings. The highest BCUT2D eigenvalue weighted by atomic mass is 15.3. The molecule has 5 heteroatoms. The molecule has 18 heavy (non-hydrogen) atoms. The monoisotopic (exact) mass is 251 g/mol. The van der Waals surface area contributed by atoms with Crippen LogP contribution in [0, 0.1) is 0 Å². The van der Waals surface area contributed by atoms with E-state index in [1.807, 2.05) is 12.5 Å². The molecular formula is C13H25N5. The number of piperazine rings is 1. The standard InChI is InChI=1S/C13H25N5/c1-4-12(14)13-7-15-10-18(13)9-11-8-16(2)5-6-17(11)3/h7,10-12H,4-6,8-9,14H2,1-3H3/t11?,12-/m1/s1. The average Bonchev–Trinajstić information content (AvgIpc) is 2.81. The molecule has 2 heterocycles. The molecule has 2 N–H and O–H groups in total. The van der Waals surface area contributed by atoms with E-state index in [9.17, 15) is 0 Å². The third-order valence-corrected chi connectivity index (χ3v) is 3.95. The normalized spacial score (nSPS) is 24.3. The van der Waals surface area contributed by atoms with Crippen LogP contribution in [-0.4, -0.2) is 59.1 Å². The Morgan fingerprint density at radius 3 is 2.94 bits per heavy atom. The molecule has 0 aromatic carbocycles. The number of aromatic nitrogens is 2. The highest BCUT2D eigenvalue weighted by Gasteiger charge is 2.23. The summed E-state index contributed by atoms with van der Waals surface area (Å²) in [6.45, 7) is 6.48.